The maximum absolute atomic E-state index is 13.8. The first-order chi connectivity index (χ1) is 10.2. The molecule has 1 heterocycles. The molecule has 0 spiro atoms. The van der Waals surface area contributed by atoms with Crippen molar-refractivity contribution in [1.82, 2.24) is 10.6 Å². The highest BCUT2D eigenvalue weighted by atomic mass is 19.1. The summed E-state index contributed by atoms with van der Waals surface area (Å²) in [6.45, 7) is 3.64. The molecule has 1 fully saturated rings. The fraction of sp³-hybridized carbons (Fsp3) is 0.562. The predicted octanol–water partition coefficient (Wildman–Crippen LogP) is 2.34. The summed E-state index contributed by atoms with van der Waals surface area (Å²) in [5.41, 5.74) is -0.0242. The first-order valence-corrected chi connectivity index (χ1v) is 7.51. The number of benzene rings is 1. The van der Waals surface area contributed by atoms with Crippen molar-refractivity contribution in [3.63, 3.8) is 0 Å². The van der Waals surface area contributed by atoms with Gasteiger partial charge in [-0.15, -0.1) is 0 Å². The average Bonchev–Trinajstić information content (AvgIpc) is 2.52. The molecule has 1 aliphatic rings. The van der Waals surface area contributed by atoms with E-state index in [2.05, 4.69) is 17.6 Å². The lowest BCUT2D eigenvalue weighted by Crippen LogP contribution is -2.48. The lowest BCUT2D eigenvalue weighted by atomic mass is 9.88. The number of rotatable bonds is 5. The molecule has 1 amide bonds. The second kappa shape index (κ2) is 7.41. The van der Waals surface area contributed by atoms with Crippen LogP contribution in [0.1, 0.15) is 36.5 Å². The SMILES string of the molecule is CCC1CCCNC1CNC(=O)c1c(F)cccc1OC. The minimum Gasteiger partial charge on any atom is -0.496 e. The van der Waals surface area contributed by atoms with E-state index >= 15 is 0 Å². The van der Waals surface area contributed by atoms with Gasteiger partial charge in [0.05, 0.1) is 7.11 Å². The van der Waals surface area contributed by atoms with E-state index < -0.39 is 11.7 Å². The minimum absolute atomic E-state index is 0.0242. The Morgan fingerprint density at radius 2 is 2.33 bits per heavy atom. The third-order valence-corrected chi connectivity index (χ3v) is 4.16. The van der Waals surface area contributed by atoms with E-state index in [9.17, 15) is 9.18 Å². The van der Waals surface area contributed by atoms with Crippen molar-refractivity contribution in [2.24, 2.45) is 5.92 Å². The predicted molar refractivity (Wildman–Crippen MR) is 80.1 cm³/mol. The monoisotopic (exact) mass is 294 g/mol. The van der Waals surface area contributed by atoms with Gasteiger partial charge in [-0.25, -0.2) is 4.39 Å². The van der Waals surface area contributed by atoms with Crippen LogP contribution in [0.2, 0.25) is 0 Å². The molecule has 0 saturated carbocycles. The standard InChI is InChI=1S/C16H23FN2O2/c1-3-11-6-5-9-18-13(11)10-19-16(20)15-12(17)7-4-8-14(15)21-2/h4,7-8,11,13,18H,3,5-6,9-10H2,1-2H3,(H,19,20). The zero-order valence-corrected chi connectivity index (χ0v) is 12.6. The third kappa shape index (κ3) is 3.73. The minimum atomic E-state index is -0.560. The second-order valence-electron chi connectivity index (χ2n) is 5.40. The van der Waals surface area contributed by atoms with Gasteiger partial charge < -0.3 is 15.4 Å². The number of ether oxygens (including phenoxy) is 1. The van der Waals surface area contributed by atoms with Crippen LogP contribution in [0, 0.1) is 11.7 Å². The van der Waals surface area contributed by atoms with Crippen LogP contribution in [0.4, 0.5) is 4.39 Å². The van der Waals surface area contributed by atoms with Gasteiger partial charge in [-0.05, 0) is 37.4 Å². The van der Waals surface area contributed by atoms with Crippen molar-refractivity contribution < 1.29 is 13.9 Å². The summed E-state index contributed by atoms with van der Waals surface area (Å²) in [6, 6.07) is 4.64. The van der Waals surface area contributed by atoms with Crippen molar-refractivity contribution in [3.05, 3.63) is 29.6 Å². The number of nitrogens with one attached hydrogen (secondary N) is 2. The number of hydrogen-bond acceptors (Lipinski definition) is 3. The molecule has 2 rings (SSSR count). The normalized spacial score (nSPS) is 21.9. The Kier molecular flexibility index (Phi) is 5.56. The fourth-order valence-electron chi connectivity index (χ4n) is 2.93. The van der Waals surface area contributed by atoms with Crippen molar-refractivity contribution in [2.45, 2.75) is 32.2 Å². The largest absolute Gasteiger partial charge is 0.496 e. The van der Waals surface area contributed by atoms with E-state index in [0.29, 0.717) is 12.5 Å². The molecule has 21 heavy (non-hydrogen) atoms. The molecule has 1 aliphatic heterocycles. The first-order valence-electron chi connectivity index (χ1n) is 7.51. The Labute approximate surface area is 125 Å². The highest BCUT2D eigenvalue weighted by molar-refractivity contribution is 5.97. The highest BCUT2D eigenvalue weighted by Crippen LogP contribution is 2.22. The Morgan fingerprint density at radius 1 is 1.52 bits per heavy atom. The molecule has 116 valence electrons. The summed E-state index contributed by atoms with van der Waals surface area (Å²) in [5, 5.41) is 6.26. The van der Waals surface area contributed by atoms with E-state index in [4.69, 9.17) is 4.74 Å². The zero-order valence-electron chi connectivity index (χ0n) is 12.6. The van der Waals surface area contributed by atoms with Crippen LogP contribution >= 0.6 is 0 Å². The van der Waals surface area contributed by atoms with Gasteiger partial charge in [0.1, 0.15) is 17.1 Å². The molecule has 0 aromatic heterocycles. The van der Waals surface area contributed by atoms with Crippen LogP contribution < -0.4 is 15.4 Å². The maximum Gasteiger partial charge on any atom is 0.258 e. The van der Waals surface area contributed by atoms with Gasteiger partial charge in [0.15, 0.2) is 0 Å². The summed E-state index contributed by atoms with van der Waals surface area (Å²) >= 11 is 0. The van der Waals surface area contributed by atoms with E-state index in [1.165, 1.54) is 32.1 Å². The summed E-state index contributed by atoms with van der Waals surface area (Å²) in [7, 11) is 1.43. The van der Waals surface area contributed by atoms with Crippen LogP contribution in [-0.2, 0) is 0 Å². The summed E-state index contributed by atoms with van der Waals surface area (Å²) in [5.74, 6) is -0.166. The molecule has 2 unspecified atom stereocenters. The van der Waals surface area contributed by atoms with Gasteiger partial charge in [0, 0.05) is 12.6 Å². The number of carbonyl (C=O) groups is 1. The van der Waals surface area contributed by atoms with Gasteiger partial charge in [-0.3, -0.25) is 4.79 Å². The Bertz CT molecular complexity index is 493. The molecule has 1 saturated heterocycles. The number of halogens is 1. The fourth-order valence-corrected chi connectivity index (χ4v) is 2.93. The number of hydrogen-bond donors (Lipinski definition) is 2. The van der Waals surface area contributed by atoms with Crippen molar-refractivity contribution >= 4 is 5.91 Å². The summed E-state index contributed by atoms with van der Waals surface area (Å²) in [4.78, 5) is 12.2. The van der Waals surface area contributed by atoms with Gasteiger partial charge in [-0.2, -0.15) is 0 Å². The van der Waals surface area contributed by atoms with Crippen molar-refractivity contribution in [1.29, 1.82) is 0 Å². The Morgan fingerprint density at radius 3 is 3.05 bits per heavy atom. The molecule has 2 N–H and O–H groups in total. The van der Waals surface area contributed by atoms with Crippen LogP contribution in [0.5, 0.6) is 5.75 Å². The molecular weight excluding hydrogens is 271 g/mol. The maximum atomic E-state index is 13.8. The Hall–Kier alpha value is -1.62. The zero-order chi connectivity index (χ0) is 15.2. The third-order valence-electron chi connectivity index (χ3n) is 4.16. The van der Waals surface area contributed by atoms with Gasteiger partial charge >= 0.3 is 0 Å². The topological polar surface area (TPSA) is 50.4 Å². The Balaban J connectivity index is 2.01. The first kappa shape index (κ1) is 15.8. The number of carbonyl (C=O) groups excluding carboxylic acids is 1. The smallest absolute Gasteiger partial charge is 0.258 e. The van der Waals surface area contributed by atoms with Crippen LogP contribution in [0.3, 0.4) is 0 Å². The molecule has 2 atom stereocenters. The number of methoxy groups -OCH3 is 1. The van der Waals surface area contributed by atoms with Crippen LogP contribution in [0.25, 0.3) is 0 Å². The molecule has 1 aromatic carbocycles. The molecule has 0 aliphatic carbocycles. The number of amides is 1. The molecule has 5 heteroatoms. The van der Waals surface area contributed by atoms with Gasteiger partial charge in [0.25, 0.3) is 5.91 Å². The van der Waals surface area contributed by atoms with E-state index in [0.717, 1.165) is 13.0 Å². The summed E-state index contributed by atoms with van der Waals surface area (Å²) in [6.07, 6.45) is 3.42. The average molecular weight is 294 g/mol. The van der Waals surface area contributed by atoms with E-state index in [1.807, 2.05) is 0 Å². The molecule has 4 nitrogen and oxygen atoms in total. The highest BCUT2D eigenvalue weighted by Gasteiger charge is 2.24. The lowest BCUT2D eigenvalue weighted by molar-refractivity contribution is 0.0935. The molecule has 0 radical (unpaired) electrons. The van der Waals surface area contributed by atoms with Crippen molar-refractivity contribution in [3.8, 4) is 5.75 Å². The second-order valence-corrected chi connectivity index (χ2v) is 5.40. The van der Waals surface area contributed by atoms with Crippen LogP contribution in [-0.4, -0.2) is 32.1 Å². The lowest BCUT2D eigenvalue weighted by Gasteiger charge is -2.32. The molecule has 0 bridgehead atoms. The van der Waals surface area contributed by atoms with Gasteiger partial charge in [0.2, 0.25) is 0 Å². The van der Waals surface area contributed by atoms with Gasteiger partial charge in [-0.1, -0.05) is 19.4 Å². The quantitative estimate of drug-likeness (QED) is 0.876. The van der Waals surface area contributed by atoms with E-state index in [1.54, 1.807) is 6.07 Å². The van der Waals surface area contributed by atoms with Crippen LogP contribution in [0.15, 0.2) is 18.2 Å². The van der Waals surface area contributed by atoms with E-state index in [-0.39, 0.29) is 17.4 Å². The molecule has 1 aromatic rings. The molecular formula is C16H23FN2O2. The summed E-state index contributed by atoms with van der Waals surface area (Å²) < 4.78 is 18.9. The van der Waals surface area contributed by atoms with Crippen molar-refractivity contribution in [2.75, 3.05) is 20.2 Å². The number of piperidine rings is 1.